The van der Waals surface area contributed by atoms with Crippen LogP contribution in [0.15, 0.2) is 42.5 Å². The van der Waals surface area contributed by atoms with Gasteiger partial charge in [0, 0.05) is 12.1 Å². The summed E-state index contributed by atoms with van der Waals surface area (Å²) in [4.78, 5) is 10.4. The summed E-state index contributed by atoms with van der Waals surface area (Å²) in [7, 11) is 0. The quantitative estimate of drug-likeness (QED) is 0.671. The maximum Gasteiger partial charge on any atom is 0.269 e. The molecular weight excluding hydrogens is 258 g/mol. The summed E-state index contributed by atoms with van der Waals surface area (Å²) in [6.07, 6.45) is 1.32. The van der Waals surface area contributed by atoms with E-state index in [2.05, 4.69) is 0 Å². The zero-order valence-corrected chi connectivity index (χ0v) is 10.7. The Kier molecular flexibility index (Phi) is 3.02. The van der Waals surface area contributed by atoms with Gasteiger partial charge in [-0.25, -0.2) is 0 Å². The van der Waals surface area contributed by atoms with Gasteiger partial charge >= 0.3 is 0 Å². The number of fused-ring (bicyclic) bond motifs is 1. The number of hydrogen-bond donors (Lipinski definition) is 1. The van der Waals surface area contributed by atoms with E-state index in [1.54, 1.807) is 30.3 Å². The molecule has 0 bridgehead atoms. The molecule has 5 heteroatoms. The van der Waals surface area contributed by atoms with Gasteiger partial charge < -0.3 is 9.84 Å². The lowest BCUT2D eigenvalue weighted by atomic mass is 9.97. The maximum atomic E-state index is 10.8. The molecule has 0 radical (unpaired) electrons. The van der Waals surface area contributed by atoms with Gasteiger partial charge in [0.25, 0.3) is 5.69 Å². The third-order valence-electron chi connectivity index (χ3n) is 3.44. The second kappa shape index (κ2) is 4.85. The van der Waals surface area contributed by atoms with Crippen LogP contribution < -0.4 is 4.74 Å². The van der Waals surface area contributed by atoms with Crippen molar-refractivity contribution in [3.8, 4) is 11.5 Å². The standard InChI is InChI=1S/C15H13NO4/c17-13-5-7-15-11(9-13)4-6-14(20-15)10-2-1-3-12(8-10)16(18)19/h1-3,5,7-9,14,17H,4,6H2. The van der Waals surface area contributed by atoms with Crippen LogP contribution in [-0.4, -0.2) is 10.0 Å². The number of nitro benzene ring substituents is 1. The molecule has 0 aliphatic carbocycles. The van der Waals surface area contributed by atoms with Crippen LogP contribution >= 0.6 is 0 Å². The third kappa shape index (κ3) is 2.30. The molecule has 0 amide bonds. The first kappa shape index (κ1) is 12.5. The van der Waals surface area contributed by atoms with Crippen molar-refractivity contribution in [3.63, 3.8) is 0 Å². The Morgan fingerprint density at radius 2 is 2.10 bits per heavy atom. The fourth-order valence-corrected chi connectivity index (χ4v) is 2.45. The van der Waals surface area contributed by atoms with Crippen molar-refractivity contribution in [2.45, 2.75) is 18.9 Å². The first-order valence-electron chi connectivity index (χ1n) is 6.36. The Morgan fingerprint density at radius 1 is 1.25 bits per heavy atom. The second-order valence-corrected chi connectivity index (χ2v) is 4.79. The van der Waals surface area contributed by atoms with Gasteiger partial charge in [-0.1, -0.05) is 12.1 Å². The Hall–Kier alpha value is -2.56. The van der Waals surface area contributed by atoms with Crippen LogP contribution in [0.25, 0.3) is 0 Å². The second-order valence-electron chi connectivity index (χ2n) is 4.79. The van der Waals surface area contributed by atoms with Gasteiger partial charge in [-0.15, -0.1) is 0 Å². The fraction of sp³-hybridized carbons (Fsp3) is 0.200. The summed E-state index contributed by atoms with van der Waals surface area (Å²) in [5.41, 5.74) is 1.84. The van der Waals surface area contributed by atoms with E-state index < -0.39 is 4.92 Å². The molecule has 1 aliphatic heterocycles. The molecule has 102 valence electrons. The molecule has 1 unspecified atom stereocenters. The van der Waals surface area contributed by atoms with E-state index in [4.69, 9.17) is 4.74 Å². The normalized spacial score (nSPS) is 17.1. The van der Waals surface area contributed by atoms with Crippen molar-refractivity contribution >= 4 is 5.69 Å². The highest BCUT2D eigenvalue weighted by Crippen LogP contribution is 2.37. The summed E-state index contributed by atoms with van der Waals surface area (Å²) in [6.45, 7) is 0. The minimum absolute atomic E-state index is 0.0719. The number of non-ortho nitro benzene ring substituents is 1. The molecule has 0 fully saturated rings. The highest BCUT2D eigenvalue weighted by atomic mass is 16.6. The minimum atomic E-state index is -0.404. The van der Waals surface area contributed by atoms with E-state index >= 15 is 0 Å². The molecule has 0 saturated heterocycles. The van der Waals surface area contributed by atoms with Crippen molar-refractivity contribution in [1.29, 1.82) is 0 Å². The monoisotopic (exact) mass is 271 g/mol. The van der Waals surface area contributed by atoms with Gasteiger partial charge in [-0.2, -0.15) is 0 Å². The van der Waals surface area contributed by atoms with Crippen LogP contribution in [0.3, 0.4) is 0 Å². The van der Waals surface area contributed by atoms with Crippen LogP contribution in [0.2, 0.25) is 0 Å². The summed E-state index contributed by atoms with van der Waals surface area (Å²) in [5, 5.41) is 20.2. The molecule has 1 atom stereocenters. The van der Waals surface area contributed by atoms with Crippen molar-refractivity contribution in [3.05, 3.63) is 63.7 Å². The number of phenols is 1. The summed E-state index contributed by atoms with van der Waals surface area (Å²) < 4.78 is 5.87. The van der Waals surface area contributed by atoms with E-state index in [0.29, 0.717) is 0 Å². The van der Waals surface area contributed by atoms with Crippen LogP contribution in [0, 0.1) is 10.1 Å². The third-order valence-corrected chi connectivity index (χ3v) is 3.44. The van der Waals surface area contributed by atoms with Gasteiger partial charge in [0.15, 0.2) is 0 Å². The number of nitrogens with zero attached hydrogens (tertiary/aromatic N) is 1. The predicted octanol–water partition coefficient (Wildman–Crippen LogP) is 3.37. The van der Waals surface area contributed by atoms with E-state index in [0.717, 1.165) is 29.7 Å². The minimum Gasteiger partial charge on any atom is -0.508 e. The Balaban J connectivity index is 1.88. The van der Waals surface area contributed by atoms with E-state index in [1.807, 2.05) is 6.07 Å². The molecule has 20 heavy (non-hydrogen) atoms. The van der Waals surface area contributed by atoms with Crippen molar-refractivity contribution in [2.24, 2.45) is 0 Å². The van der Waals surface area contributed by atoms with Crippen molar-refractivity contribution in [2.75, 3.05) is 0 Å². The number of hydrogen-bond acceptors (Lipinski definition) is 4. The largest absolute Gasteiger partial charge is 0.508 e. The van der Waals surface area contributed by atoms with Gasteiger partial charge in [0.1, 0.15) is 17.6 Å². The highest BCUT2D eigenvalue weighted by Gasteiger charge is 2.22. The average molecular weight is 271 g/mol. The lowest BCUT2D eigenvalue weighted by molar-refractivity contribution is -0.385. The van der Waals surface area contributed by atoms with Crippen molar-refractivity contribution in [1.82, 2.24) is 0 Å². The Bertz CT molecular complexity index is 669. The number of ether oxygens (including phenoxy) is 1. The molecule has 2 aromatic carbocycles. The van der Waals surface area contributed by atoms with Crippen molar-refractivity contribution < 1.29 is 14.8 Å². The molecule has 0 saturated carbocycles. The molecule has 1 aliphatic rings. The summed E-state index contributed by atoms with van der Waals surface area (Å²) >= 11 is 0. The molecule has 2 aromatic rings. The molecule has 5 nitrogen and oxygen atoms in total. The molecule has 0 aromatic heterocycles. The van der Waals surface area contributed by atoms with Crippen LogP contribution in [-0.2, 0) is 6.42 Å². The topological polar surface area (TPSA) is 72.6 Å². The van der Waals surface area contributed by atoms with Gasteiger partial charge in [0.05, 0.1) is 4.92 Å². The fourth-order valence-electron chi connectivity index (χ4n) is 2.45. The Morgan fingerprint density at radius 3 is 2.90 bits per heavy atom. The number of rotatable bonds is 2. The molecule has 1 heterocycles. The number of benzene rings is 2. The zero-order chi connectivity index (χ0) is 14.1. The number of nitro groups is 1. The highest BCUT2D eigenvalue weighted by molar-refractivity contribution is 5.43. The van der Waals surface area contributed by atoms with E-state index in [-0.39, 0.29) is 17.5 Å². The maximum absolute atomic E-state index is 10.8. The zero-order valence-electron chi connectivity index (χ0n) is 10.7. The number of aryl methyl sites for hydroxylation is 1. The molecular formula is C15H13NO4. The van der Waals surface area contributed by atoms with Crippen LogP contribution in [0.4, 0.5) is 5.69 Å². The molecule has 3 rings (SSSR count). The van der Waals surface area contributed by atoms with E-state index in [1.165, 1.54) is 6.07 Å². The molecule has 0 spiro atoms. The predicted molar refractivity (Wildman–Crippen MR) is 72.9 cm³/mol. The SMILES string of the molecule is O=[N+]([O-])c1cccc(C2CCc3cc(O)ccc3O2)c1. The Labute approximate surface area is 115 Å². The first-order chi connectivity index (χ1) is 9.63. The summed E-state index contributed by atoms with van der Waals surface area (Å²) in [6, 6.07) is 11.5. The smallest absolute Gasteiger partial charge is 0.269 e. The lowest BCUT2D eigenvalue weighted by Crippen LogP contribution is -2.15. The van der Waals surface area contributed by atoms with Crippen LogP contribution in [0.1, 0.15) is 23.7 Å². The lowest BCUT2D eigenvalue weighted by Gasteiger charge is -2.26. The number of aromatic hydroxyl groups is 1. The molecule has 1 N–H and O–H groups in total. The van der Waals surface area contributed by atoms with Gasteiger partial charge in [0.2, 0.25) is 0 Å². The average Bonchev–Trinajstić information content (AvgIpc) is 2.47. The van der Waals surface area contributed by atoms with Gasteiger partial charge in [-0.05, 0) is 42.2 Å². The first-order valence-corrected chi connectivity index (χ1v) is 6.36. The number of phenolic OH excluding ortho intramolecular Hbond substituents is 1. The van der Waals surface area contributed by atoms with Crippen LogP contribution in [0.5, 0.6) is 11.5 Å². The van der Waals surface area contributed by atoms with Gasteiger partial charge in [-0.3, -0.25) is 10.1 Å². The van der Waals surface area contributed by atoms with E-state index in [9.17, 15) is 15.2 Å². The summed E-state index contributed by atoms with van der Waals surface area (Å²) in [5.74, 6) is 0.951.